The van der Waals surface area contributed by atoms with Crippen LogP contribution in [0.3, 0.4) is 0 Å². The summed E-state index contributed by atoms with van der Waals surface area (Å²) in [6.07, 6.45) is -3.74. The van der Waals surface area contributed by atoms with E-state index < -0.39 is 35.8 Å². The minimum Gasteiger partial charge on any atom is -0.497 e. The van der Waals surface area contributed by atoms with Gasteiger partial charge in [-0.25, -0.2) is 4.79 Å². The minimum atomic E-state index is -1.15. The molecule has 1 aliphatic heterocycles. The monoisotopic (exact) mass is 616 g/mol. The number of aliphatic hydroxyl groups is 1. The summed E-state index contributed by atoms with van der Waals surface area (Å²) in [6.45, 7) is 0.588. The first-order valence-corrected chi connectivity index (χ1v) is 15.2. The van der Waals surface area contributed by atoms with Crippen LogP contribution in [-0.4, -0.2) is 61.8 Å². The number of carbonyl (C=O) groups excluding carboxylic acids is 1. The molecule has 0 bridgehead atoms. The maximum absolute atomic E-state index is 13.3. The number of benzene rings is 4. The lowest BCUT2D eigenvalue weighted by Gasteiger charge is -2.43. The second-order valence-corrected chi connectivity index (χ2v) is 11.4. The SMILES string of the molecule is COc1ccc(COC[C@H]2O[C@@H](Sc3ccccc3)[C@H](OC(=O)c3ccccc3)[C@@H](OCc3ccc(OC)cc3)[C@@H]2O)cc1. The average Bonchev–Trinajstić information content (AvgIpc) is 3.07. The molecule has 1 aliphatic rings. The second-order valence-electron chi connectivity index (χ2n) is 10.2. The zero-order valence-electron chi connectivity index (χ0n) is 24.6. The fourth-order valence-electron chi connectivity index (χ4n) is 4.77. The van der Waals surface area contributed by atoms with Crippen molar-refractivity contribution in [1.29, 1.82) is 0 Å². The van der Waals surface area contributed by atoms with Gasteiger partial charge in [0.05, 0.1) is 39.6 Å². The third-order valence-electron chi connectivity index (χ3n) is 7.18. The molecule has 1 heterocycles. The molecule has 4 aromatic carbocycles. The van der Waals surface area contributed by atoms with Crippen molar-refractivity contribution in [2.75, 3.05) is 20.8 Å². The van der Waals surface area contributed by atoms with Crippen molar-refractivity contribution < 1.29 is 38.3 Å². The molecule has 0 aromatic heterocycles. The third kappa shape index (κ3) is 8.40. The first-order chi connectivity index (χ1) is 21.5. The molecular formula is C35H36O8S. The molecule has 0 aliphatic carbocycles. The molecule has 5 rings (SSSR count). The van der Waals surface area contributed by atoms with Crippen LogP contribution in [0.25, 0.3) is 0 Å². The average molecular weight is 617 g/mol. The van der Waals surface area contributed by atoms with Crippen LogP contribution < -0.4 is 9.47 Å². The lowest BCUT2D eigenvalue weighted by atomic mass is 9.99. The largest absolute Gasteiger partial charge is 0.497 e. The van der Waals surface area contributed by atoms with Gasteiger partial charge in [-0.15, -0.1) is 0 Å². The second kappa shape index (κ2) is 15.7. The highest BCUT2D eigenvalue weighted by atomic mass is 32.2. The molecule has 0 amide bonds. The van der Waals surface area contributed by atoms with Crippen LogP contribution in [0.1, 0.15) is 21.5 Å². The van der Waals surface area contributed by atoms with E-state index in [1.807, 2.05) is 84.9 Å². The number of carbonyl (C=O) groups is 1. The summed E-state index contributed by atoms with van der Waals surface area (Å²) in [5.74, 6) is 0.953. The molecule has 1 fully saturated rings. The molecule has 44 heavy (non-hydrogen) atoms. The van der Waals surface area contributed by atoms with Gasteiger partial charge in [0.15, 0.2) is 6.10 Å². The van der Waals surface area contributed by atoms with Gasteiger partial charge in [0.1, 0.15) is 35.2 Å². The summed E-state index contributed by atoms with van der Waals surface area (Å²) in [7, 11) is 3.23. The van der Waals surface area contributed by atoms with Gasteiger partial charge in [0.25, 0.3) is 0 Å². The summed E-state index contributed by atoms with van der Waals surface area (Å²) in [6, 6.07) is 33.5. The van der Waals surface area contributed by atoms with Crippen molar-refractivity contribution in [3.8, 4) is 11.5 Å². The Balaban J connectivity index is 1.38. The first-order valence-electron chi connectivity index (χ1n) is 14.3. The summed E-state index contributed by atoms with van der Waals surface area (Å²) in [5, 5.41) is 11.6. The standard InChI is InChI=1S/C35H36O8S/c1-38-27-17-13-24(14-18-27)21-40-23-30-31(36)32(41-22-25-15-19-28(39-2)20-16-25)33(43-34(37)26-9-5-3-6-10-26)35(42-30)44-29-11-7-4-8-12-29/h3-20,30-33,35-36H,21-23H2,1-2H3/t30-,31-,32+,33-,35+/m1/s1. The quantitative estimate of drug-likeness (QED) is 0.184. The zero-order valence-corrected chi connectivity index (χ0v) is 25.4. The van der Waals surface area contributed by atoms with Crippen LogP contribution in [0.2, 0.25) is 0 Å². The highest BCUT2D eigenvalue weighted by molar-refractivity contribution is 7.99. The number of methoxy groups -OCH3 is 2. The molecule has 1 saturated heterocycles. The summed E-state index contributed by atoms with van der Waals surface area (Å²) in [4.78, 5) is 14.2. The Morgan fingerprint density at radius 1 is 0.750 bits per heavy atom. The van der Waals surface area contributed by atoms with Crippen molar-refractivity contribution in [1.82, 2.24) is 0 Å². The number of hydrogen-bond acceptors (Lipinski definition) is 9. The number of esters is 1. The molecule has 1 N–H and O–H groups in total. The van der Waals surface area contributed by atoms with Gasteiger partial charge in [-0.3, -0.25) is 0 Å². The molecule has 5 atom stereocenters. The number of rotatable bonds is 13. The molecule has 9 heteroatoms. The number of thioether (sulfide) groups is 1. The normalized spacial score (nSPS) is 21.4. The van der Waals surface area contributed by atoms with Gasteiger partial charge in [-0.05, 0) is 59.7 Å². The van der Waals surface area contributed by atoms with Crippen LogP contribution in [0.5, 0.6) is 11.5 Å². The van der Waals surface area contributed by atoms with E-state index in [-0.39, 0.29) is 13.2 Å². The van der Waals surface area contributed by atoms with Crippen molar-refractivity contribution in [2.45, 2.75) is 48.0 Å². The molecular weight excluding hydrogens is 580 g/mol. The maximum atomic E-state index is 13.3. The number of ether oxygens (including phenoxy) is 6. The Morgan fingerprint density at radius 2 is 1.32 bits per heavy atom. The number of aliphatic hydroxyl groups excluding tert-OH is 1. The molecule has 0 saturated carbocycles. The summed E-state index contributed by atoms with van der Waals surface area (Å²) < 4.78 is 35.4. The molecule has 0 radical (unpaired) electrons. The fourth-order valence-corrected chi connectivity index (χ4v) is 5.89. The smallest absolute Gasteiger partial charge is 0.338 e. The topological polar surface area (TPSA) is 92.7 Å². The zero-order chi connectivity index (χ0) is 30.7. The van der Waals surface area contributed by atoms with E-state index in [9.17, 15) is 9.90 Å². The molecule has 0 unspecified atom stereocenters. The molecule has 4 aromatic rings. The number of hydrogen-bond donors (Lipinski definition) is 1. The van der Waals surface area contributed by atoms with Gasteiger partial charge in [0.2, 0.25) is 0 Å². The highest BCUT2D eigenvalue weighted by Crippen LogP contribution is 2.37. The Morgan fingerprint density at radius 3 is 1.91 bits per heavy atom. The predicted octanol–water partition coefficient (Wildman–Crippen LogP) is 5.91. The summed E-state index contributed by atoms with van der Waals surface area (Å²) in [5.41, 5.74) is 1.53. The first kappa shape index (κ1) is 31.6. The van der Waals surface area contributed by atoms with E-state index in [0.29, 0.717) is 12.2 Å². The fraction of sp³-hybridized carbons (Fsp3) is 0.286. The Kier molecular flexibility index (Phi) is 11.3. The third-order valence-corrected chi connectivity index (χ3v) is 8.33. The van der Waals surface area contributed by atoms with Crippen molar-refractivity contribution in [3.05, 3.63) is 126 Å². The molecule has 230 valence electrons. The van der Waals surface area contributed by atoms with Crippen LogP contribution in [0.15, 0.2) is 114 Å². The van der Waals surface area contributed by atoms with Crippen molar-refractivity contribution >= 4 is 17.7 Å². The van der Waals surface area contributed by atoms with Gasteiger partial charge in [-0.1, -0.05) is 72.4 Å². The predicted molar refractivity (Wildman–Crippen MR) is 167 cm³/mol. The van der Waals surface area contributed by atoms with Crippen LogP contribution >= 0.6 is 11.8 Å². The summed E-state index contributed by atoms with van der Waals surface area (Å²) >= 11 is 1.40. The van der Waals surface area contributed by atoms with Crippen molar-refractivity contribution in [2.24, 2.45) is 0 Å². The van der Waals surface area contributed by atoms with Crippen LogP contribution in [0, 0.1) is 0 Å². The Bertz CT molecular complexity index is 1430. The highest BCUT2D eigenvalue weighted by Gasteiger charge is 2.49. The van der Waals surface area contributed by atoms with Gasteiger partial charge < -0.3 is 33.5 Å². The maximum Gasteiger partial charge on any atom is 0.338 e. The molecule has 8 nitrogen and oxygen atoms in total. The molecule has 0 spiro atoms. The van der Waals surface area contributed by atoms with Gasteiger partial charge >= 0.3 is 5.97 Å². The van der Waals surface area contributed by atoms with E-state index in [1.54, 1.807) is 38.5 Å². The van der Waals surface area contributed by atoms with Crippen molar-refractivity contribution in [3.63, 3.8) is 0 Å². The van der Waals surface area contributed by atoms with E-state index in [2.05, 4.69) is 0 Å². The van der Waals surface area contributed by atoms with Crippen LogP contribution in [0.4, 0.5) is 0 Å². The lowest BCUT2D eigenvalue weighted by Crippen LogP contribution is -2.60. The van der Waals surface area contributed by atoms with E-state index in [0.717, 1.165) is 27.5 Å². The Labute approximate surface area is 261 Å². The van der Waals surface area contributed by atoms with E-state index >= 15 is 0 Å². The van der Waals surface area contributed by atoms with E-state index in [1.165, 1.54) is 11.8 Å². The Hall–Kier alpha value is -3.86. The van der Waals surface area contributed by atoms with Gasteiger partial charge in [-0.2, -0.15) is 0 Å². The van der Waals surface area contributed by atoms with Crippen LogP contribution in [-0.2, 0) is 32.2 Å². The van der Waals surface area contributed by atoms with Gasteiger partial charge in [0, 0.05) is 4.90 Å². The lowest BCUT2D eigenvalue weighted by molar-refractivity contribution is -0.227. The minimum absolute atomic E-state index is 0.0980. The van der Waals surface area contributed by atoms with E-state index in [4.69, 9.17) is 28.4 Å².